The summed E-state index contributed by atoms with van der Waals surface area (Å²) in [5, 5.41) is 4.66. The van der Waals surface area contributed by atoms with E-state index in [1.165, 1.54) is 0 Å². The molecule has 1 aromatic heterocycles. The van der Waals surface area contributed by atoms with E-state index in [-0.39, 0.29) is 11.8 Å². The minimum absolute atomic E-state index is 0.186. The number of aromatic amines is 1. The first-order valence-electron chi connectivity index (χ1n) is 6.80. The van der Waals surface area contributed by atoms with Gasteiger partial charge in [-0.1, -0.05) is 11.6 Å². The van der Waals surface area contributed by atoms with Crippen molar-refractivity contribution in [2.45, 2.75) is 19.3 Å². The van der Waals surface area contributed by atoms with Gasteiger partial charge in [0.1, 0.15) is 5.75 Å². The van der Waals surface area contributed by atoms with Gasteiger partial charge >= 0.3 is 0 Å². The number of fused-ring (bicyclic) bond motifs is 1. The van der Waals surface area contributed by atoms with Crippen LogP contribution in [0.3, 0.4) is 0 Å². The summed E-state index contributed by atoms with van der Waals surface area (Å²) in [7, 11) is 1.61. The maximum atomic E-state index is 11.6. The number of halogens is 1. The van der Waals surface area contributed by atoms with Crippen LogP contribution in [-0.4, -0.2) is 24.5 Å². The van der Waals surface area contributed by atoms with Crippen molar-refractivity contribution in [3.8, 4) is 5.75 Å². The molecule has 1 aliphatic carbocycles. The van der Waals surface area contributed by atoms with Crippen molar-refractivity contribution in [2.24, 2.45) is 5.92 Å². The molecule has 1 heterocycles. The minimum atomic E-state index is 0.186. The predicted molar refractivity (Wildman–Crippen MR) is 79.3 cm³/mol. The Morgan fingerprint density at radius 3 is 3.00 bits per heavy atom. The van der Waals surface area contributed by atoms with Crippen LogP contribution >= 0.6 is 11.6 Å². The Morgan fingerprint density at radius 2 is 2.30 bits per heavy atom. The van der Waals surface area contributed by atoms with Crippen molar-refractivity contribution >= 4 is 28.4 Å². The van der Waals surface area contributed by atoms with Gasteiger partial charge in [-0.15, -0.1) is 0 Å². The lowest BCUT2D eigenvalue weighted by Gasteiger charge is -2.05. The SMILES string of the molecule is COc1cc2c(CCNC(=O)C3CC3)c[nH]c2cc1Cl. The molecule has 1 aromatic carbocycles. The molecular formula is C15H17ClN2O2. The van der Waals surface area contributed by atoms with Crippen LogP contribution in [0.2, 0.25) is 5.02 Å². The van der Waals surface area contributed by atoms with Gasteiger partial charge in [0.2, 0.25) is 5.91 Å². The van der Waals surface area contributed by atoms with Crippen LogP contribution in [0.1, 0.15) is 18.4 Å². The average Bonchev–Trinajstić information content (AvgIpc) is 3.22. The highest BCUT2D eigenvalue weighted by Crippen LogP contribution is 2.31. The highest BCUT2D eigenvalue weighted by atomic mass is 35.5. The highest BCUT2D eigenvalue weighted by Gasteiger charge is 2.29. The number of methoxy groups -OCH3 is 1. The number of hydrogen-bond acceptors (Lipinski definition) is 2. The molecule has 1 amide bonds. The van der Waals surface area contributed by atoms with E-state index in [1.807, 2.05) is 18.3 Å². The summed E-state index contributed by atoms with van der Waals surface area (Å²) >= 11 is 6.10. The third kappa shape index (κ3) is 2.61. The first-order valence-corrected chi connectivity index (χ1v) is 7.18. The van der Waals surface area contributed by atoms with Crippen LogP contribution in [0, 0.1) is 5.92 Å². The van der Waals surface area contributed by atoms with E-state index < -0.39 is 0 Å². The third-order valence-electron chi connectivity index (χ3n) is 3.68. The molecule has 0 bridgehead atoms. The molecule has 3 rings (SSSR count). The molecule has 0 saturated heterocycles. The van der Waals surface area contributed by atoms with Gasteiger partial charge in [-0.05, 0) is 37.0 Å². The highest BCUT2D eigenvalue weighted by molar-refractivity contribution is 6.32. The zero-order valence-corrected chi connectivity index (χ0v) is 12.1. The quantitative estimate of drug-likeness (QED) is 0.890. The van der Waals surface area contributed by atoms with E-state index in [9.17, 15) is 4.79 Å². The largest absolute Gasteiger partial charge is 0.495 e. The molecule has 1 fully saturated rings. The number of H-pyrrole nitrogens is 1. The summed E-state index contributed by atoms with van der Waals surface area (Å²) in [6.07, 6.45) is 4.83. The first-order chi connectivity index (χ1) is 9.69. The van der Waals surface area contributed by atoms with Gasteiger partial charge < -0.3 is 15.0 Å². The topological polar surface area (TPSA) is 54.1 Å². The maximum absolute atomic E-state index is 11.6. The molecule has 0 atom stereocenters. The van der Waals surface area contributed by atoms with Crippen LogP contribution in [0.5, 0.6) is 5.75 Å². The molecule has 106 valence electrons. The Kier molecular flexibility index (Phi) is 3.57. The van der Waals surface area contributed by atoms with Gasteiger partial charge in [-0.3, -0.25) is 4.79 Å². The van der Waals surface area contributed by atoms with Crippen molar-refractivity contribution in [1.82, 2.24) is 10.3 Å². The summed E-state index contributed by atoms with van der Waals surface area (Å²) < 4.78 is 5.24. The number of hydrogen-bond donors (Lipinski definition) is 2. The van der Waals surface area contributed by atoms with Crippen molar-refractivity contribution in [2.75, 3.05) is 13.7 Å². The Morgan fingerprint density at radius 1 is 1.50 bits per heavy atom. The number of rotatable bonds is 5. The molecule has 2 aromatic rings. The zero-order valence-electron chi connectivity index (χ0n) is 11.3. The number of benzene rings is 1. The van der Waals surface area contributed by atoms with Crippen LogP contribution in [-0.2, 0) is 11.2 Å². The normalized spacial score (nSPS) is 14.5. The number of carbonyl (C=O) groups excluding carboxylic acids is 1. The summed E-state index contributed by atoms with van der Waals surface area (Å²) in [5.41, 5.74) is 2.14. The number of aromatic nitrogens is 1. The van der Waals surface area contributed by atoms with E-state index in [4.69, 9.17) is 16.3 Å². The van der Waals surface area contributed by atoms with E-state index >= 15 is 0 Å². The molecule has 0 radical (unpaired) electrons. The number of ether oxygens (including phenoxy) is 1. The molecule has 1 saturated carbocycles. The smallest absolute Gasteiger partial charge is 0.223 e. The Balaban J connectivity index is 1.72. The standard InChI is InChI=1S/C15H17ClN2O2/c1-20-14-6-11-10(8-18-13(11)7-12(14)16)4-5-17-15(19)9-2-3-9/h6-9,18H,2-5H2,1H3,(H,17,19). The van der Waals surface area contributed by atoms with Crippen LogP contribution in [0.4, 0.5) is 0 Å². The van der Waals surface area contributed by atoms with E-state index in [0.717, 1.165) is 35.7 Å². The molecule has 1 aliphatic rings. The second-order valence-electron chi connectivity index (χ2n) is 5.16. The summed E-state index contributed by atoms with van der Waals surface area (Å²) in [6, 6.07) is 3.80. The number of nitrogens with one attached hydrogen (secondary N) is 2. The van der Waals surface area contributed by atoms with Crippen molar-refractivity contribution < 1.29 is 9.53 Å². The average molecular weight is 293 g/mol. The summed E-state index contributed by atoms with van der Waals surface area (Å²) in [6.45, 7) is 0.660. The Labute approximate surface area is 122 Å². The maximum Gasteiger partial charge on any atom is 0.223 e. The van der Waals surface area contributed by atoms with Gasteiger partial charge in [0, 0.05) is 29.6 Å². The molecule has 4 nitrogen and oxygen atoms in total. The number of amides is 1. The second kappa shape index (κ2) is 5.37. The molecule has 0 unspecified atom stereocenters. The zero-order chi connectivity index (χ0) is 14.1. The van der Waals surface area contributed by atoms with E-state index in [2.05, 4.69) is 10.3 Å². The number of carbonyl (C=O) groups is 1. The monoisotopic (exact) mass is 292 g/mol. The molecule has 0 aliphatic heterocycles. The van der Waals surface area contributed by atoms with Crippen molar-refractivity contribution in [3.05, 3.63) is 28.9 Å². The van der Waals surface area contributed by atoms with Gasteiger partial charge in [-0.2, -0.15) is 0 Å². The molecule has 5 heteroatoms. The summed E-state index contributed by atoms with van der Waals surface area (Å²) in [5.74, 6) is 1.12. The summed E-state index contributed by atoms with van der Waals surface area (Å²) in [4.78, 5) is 14.8. The fourth-order valence-electron chi connectivity index (χ4n) is 2.35. The molecule has 0 spiro atoms. The minimum Gasteiger partial charge on any atom is -0.495 e. The van der Waals surface area contributed by atoms with E-state index in [0.29, 0.717) is 17.3 Å². The van der Waals surface area contributed by atoms with Gasteiger partial charge in [0.15, 0.2) is 0 Å². The van der Waals surface area contributed by atoms with Crippen LogP contribution in [0.25, 0.3) is 10.9 Å². The van der Waals surface area contributed by atoms with Crippen LogP contribution in [0.15, 0.2) is 18.3 Å². The van der Waals surface area contributed by atoms with E-state index in [1.54, 1.807) is 7.11 Å². The second-order valence-corrected chi connectivity index (χ2v) is 5.57. The first kappa shape index (κ1) is 13.3. The van der Waals surface area contributed by atoms with Crippen molar-refractivity contribution in [1.29, 1.82) is 0 Å². The van der Waals surface area contributed by atoms with Gasteiger partial charge in [0.25, 0.3) is 0 Å². The lowest BCUT2D eigenvalue weighted by molar-refractivity contribution is -0.122. The van der Waals surface area contributed by atoms with Gasteiger partial charge in [-0.25, -0.2) is 0 Å². The Bertz CT molecular complexity index is 647. The molecule has 20 heavy (non-hydrogen) atoms. The van der Waals surface area contributed by atoms with Crippen LogP contribution < -0.4 is 10.1 Å². The van der Waals surface area contributed by atoms with Gasteiger partial charge in [0.05, 0.1) is 12.1 Å². The molecule has 2 N–H and O–H groups in total. The van der Waals surface area contributed by atoms with Crippen molar-refractivity contribution in [3.63, 3.8) is 0 Å². The Hall–Kier alpha value is -1.68. The third-order valence-corrected chi connectivity index (χ3v) is 3.98. The fraction of sp³-hybridized carbons (Fsp3) is 0.400. The lowest BCUT2D eigenvalue weighted by atomic mass is 10.1. The lowest BCUT2D eigenvalue weighted by Crippen LogP contribution is -2.26. The fourth-order valence-corrected chi connectivity index (χ4v) is 2.60. The predicted octanol–water partition coefficient (Wildman–Crippen LogP) is 2.90. The molecular weight excluding hydrogens is 276 g/mol.